The molecule has 3 aromatic rings. The number of sulfonamides is 1. The van der Waals surface area contributed by atoms with Gasteiger partial charge in [-0.2, -0.15) is 4.31 Å². The highest BCUT2D eigenvalue weighted by Gasteiger charge is 2.29. The van der Waals surface area contributed by atoms with Crippen LogP contribution in [0.4, 0.5) is 0 Å². The summed E-state index contributed by atoms with van der Waals surface area (Å²) in [5.41, 5.74) is 3.66. The van der Waals surface area contributed by atoms with Crippen molar-refractivity contribution in [3.63, 3.8) is 0 Å². The Balaban J connectivity index is 1.62. The van der Waals surface area contributed by atoms with E-state index in [9.17, 15) is 13.5 Å². The van der Waals surface area contributed by atoms with Crippen molar-refractivity contribution in [1.82, 2.24) is 4.31 Å². The number of benzene rings is 2. The van der Waals surface area contributed by atoms with Gasteiger partial charge in [-0.3, -0.25) is 0 Å². The van der Waals surface area contributed by atoms with E-state index < -0.39 is 10.0 Å². The molecule has 0 fully saturated rings. The van der Waals surface area contributed by atoms with Crippen LogP contribution in [-0.4, -0.2) is 24.4 Å². The van der Waals surface area contributed by atoms with Gasteiger partial charge in [0.2, 0.25) is 10.0 Å². The van der Waals surface area contributed by atoms with Gasteiger partial charge < -0.3 is 9.52 Å². The summed E-state index contributed by atoms with van der Waals surface area (Å²) < 4.78 is 32.7. The van der Waals surface area contributed by atoms with E-state index in [1.54, 1.807) is 30.5 Å². The highest BCUT2D eigenvalue weighted by Crippen LogP contribution is 2.28. The summed E-state index contributed by atoms with van der Waals surface area (Å²) >= 11 is 0. The number of aliphatic hydroxyl groups is 1. The van der Waals surface area contributed by atoms with E-state index in [1.165, 1.54) is 4.31 Å². The van der Waals surface area contributed by atoms with Crippen LogP contribution in [0.3, 0.4) is 0 Å². The smallest absolute Gasteiger partial charge is 0.243 e. The molecule has 1 aliphatic heterocycles. The molecule has 0 atom stereocenters. The Morgan fingerprint density at radius 3 is 2.58 bits per heavy atom. The second kappa shape index (κ2) is 6.72. The van der Waals surface area contributed by atoms with Crippen LogP contribution in [0.25, 0.3) is 11.1 Å². The molecule has 0 radical (unpaired) electrons. The zero-order valence-electron chi connectivity index (χ0n) is 14.1. The van der Waals surface area contributed by atoms with Crippen molar-refractivity contribution in [1.29, 1.82) is 0 Å². The first kappa shape index (κ1) is 17.0. The van der Waals surface area contributed by atoms with Gasteiger partial charge in [0.25, 0.3) is 0 Å². The van der Waals surface area contributed by atoms with Crippen LogP contribution < -0.4 is 0 Å². The van der Waals surface area contributed by atoms with Gasteiger partial charge in [0.15, 0.2) is 0 Å². The molecule has 1 N–H and O–H groups in total. The van der Waals surface area contributed by atoms with Crippen LogP contribution in [0.2, 0.25) is 0 Å². The molecule has 2 heterocycles. The molecule has 0 aliphatic carbocycles. The molecule has 0 saturated heterocycles. The SMILES string of the molecule is O=S(=O)(c1ccc(-c2ccccc2CO)cc1)N1CCc2ccoc2C1. The van der Waals surface area contributed by atoms with Crippen molar-refractivity contribution in [3.8, 4) is 11.1 Å². The topological polar surface area (TPSA) is 70.8 Å². The Labute approximate surface area is 152 Å². The molecular formula is C20H19NO4S. The average molecular weight is 369 g/mol. The van der Waals surface area contributed by atoms with Crippen LogP contribution in [0.15, 0.2) is 70.2 Å². The summed E-state index contributed by atoms with van der Waals surface area (Å²) in [6, 6.07) is 16.2. The maximum Gasteiger partial charge on any atom is 0.243 e. The fourth-order valence-electron chi connectivity index (χ4n) is 3.31. The van der Waals surface area contributed by atoms with Crippen molar-refractivity contribution < 1.29 is 17.9 Å². The lowest BCUT2D eigenvalue weighted by molar-refractivity contribution is 0.282. The molecule has 0 spiro atoms. The predicted octanol–water partition coefficient (Wildman–Crippen LogP) is 3.19. The Morgan fingerprint density at radius 2 is 1.81 bits per heavy atom. The highest BCUT2D eigenvalue weighted by molar-refractivity contribution is 7.89. The number of nitrogens with zero attached hydrogens (tertiary/aromatic N) is 1. The van der Waals surface area contributed by atoms with Crippen LogP contribution in [-0.2, 0) is 29.6 Å². The van der Waals surface area contributed by atoms with E-state index in [1.807, 2.05) is 30.3 Å². The zero-order valence-corrected chi connectivity index (χ0v) is 14.9. The number of furan rings is 1. The molecule has 6 heteroatoms. The third-order valence-corrected chi connectivity index (χ3v) is 6.64. The number of hydrogen-bond donors (Lipinski definition) is 1. The summed E-state index contributed by atoms with van der Waals surface area (Å²) in [7, 11) is -3.57. The van der Waals surface area contributed by atoms with E-state index in [0.717, 1.165) is 22.3 Å². The molecule has 4 rings (SSSR count). The van der Waals surface area contributed by atoms with Crippen LogP contribution in [0.5, 0.6) is 0 Å². The fourth-order valence-corrected chi connectivity index (χ4v) is 4.71. The van der Waals surface area contributed by atoms with Crippen LogP contribution in [0.1, 0.15) is 16.9 Å². The second-order valence-electron chi connectivity index (χ2n) is 6.30. The van der Waals surface area contributed by atoms with E-state index in [-0.39, 0.29) is 18.0 Å². The fraction of sp³-hybridized carbons (Fsp3) is 0.200. The monoisotopic (exact) mass is 369 g/mol. The van der Waals surface area contributed by atoms with Crippen molar-refractivity contribution >= 4 is 10.0 Å². The van der Waals surface area contributed by atoms with Gasteiger partial charge in [0.1, 0.15) is 5.76 Å². The third kappa shape index (κ3) is 2.96. The van der Waals surface area contributed by atoms with Gasteiger partial charge in [-0.15, -0.1) is 0 Å². The van der Waals surface area contributed by atoms with Crippen LogP contribution >= 0.6 is 0 Å². The van der Waals surface area contributed by atoms with E-state index in [0.29, 0.717) is 18.7 Å². The standard InChI is InChI=1S/C20H19NO4S/c22-14-17-3-1-2-4-19(17)15-5-7-18(8-6-15)26(23,24)21-11-9-16-10-12-25-20(16)13-21/h1-8,10,12,22H,9,11,13-14H2. The van der Waals surface area contributed by atoms with Crippen molar-refractivity contribution in [2.75, 3.05) is 6.54 Å². The normalized spacial score (nSPS) is 15.0. The zero-order chi connectivity index (χ0) is 18.1. The number of rotatable bonds is 4. The molecule has 0 amide bonds. The minimum Gasteiger partial charge on any atom is -0.468 e. The minimum absolute atomic E-state index is 0.0600. The average Bonchev–Trinajstić information content (AvgIpc) is 3.16. The summed E-state index contributed by atoms with van der Waals surface area (Å²) in [6.45, 7) is 0.652. The summed E-state index contributed by atoms with van der Waals surface area (Å²) in [5.74, 6) is 0.716. The third-order valence-electron chi connectivity index (χ3n) is 4.78. The van der Waals surface area contributed by atoms with Gasteiger partial charge in [-0.05, 0) is 46.9 Å². The van der Waals surface area contributed by atoms with Crippen LogP contribution in [0, 0.1) is 0 Å². The molecule has 0 bridgehead atoms. The maximum absolute atomic E-state index is 12.9. The molecule has 0 unspecified atom stereocenters. The first-order valence-electron chi connectivity index (χ1n) is 8.44. The lowest BCUT2D eigenvalue weighted by atomic mass is 10.0. The second-order valence-corrected chi connectivity index (χ2v) is 8.24. The molecular weight excluding hydrogens is 350 g/mol. The van der Waals surface area contributed by atoms with E-state index in [2.05, 4.69) is 0 Å². The molecule has 134 valence electrons. The lowest BCUT2D eigenvalue weighted by Gasteiger charge is -2.25. The highest BCUT2D eigenvalue weighted by atomic mass is 32.2. The quantitative estimate of drug-likeness (QED) is 0.767. The molecule has 2 aromatic carbocycles. The van der Waals surface area contributed by atoms with Gasteiger partial charge in [-0.25, -0.2) is 8.42 Å². The lowest BCUT2D eigenvalue weighted by Crippen LogP contribution is -2.35. The van der Waals surface area contributed by atoms with Crippen molar-refractivity contribution in [2.45, 2.75) is 24.5 Å². The van der Waals surface area contributed by atoms with Gasteiger partial charge in [-0.1, -0.05) is 36.4 Å². The van der Waals surface area contributed by atoms with Gasteiger partial charge >= 0.3 is 0 Å². The summed E-state index contributed by atoms with van der Waals surface area (Å²) in [5, 5.41) is 9.48. The maximum atomic E-state index is 12.9. The minimum atomic E-state index is -3.57. The number of hydrogen-bond acceptors (Lipinski definition) is 4. The van der Waals surface area contributed by atoms with Gasteiger partial charge in [0, 0.05) is 6.54 Å². The molecule has 26 heavy (non-hydrogen) atoms. The van der Waals surface area contributed by atoms with Gasteiger partial charge in [0.05, 0.1) is 24.3 Å². The molecule has 1 aromatic heterocycles. The first-order valence-corrected chi connectivity index (χ1v) is 9.88. The van der Waals surface area contributed by atoms with E-state index >= 15 is 0 Å². The Kier molecular flexibility index (Phi) is 4.40. The number of aliphatic hydroxyl groups excluding tert-OH is 1. The Hall–Kier alpha value is -2.41. The molecule has 1 aliphatic rings. The molecule has 0 saturated carbocycles. The Bertz CT molecular complexity index is 1020. The van der Waals surface area contributed by atoms with Crippen molar-refractivity contribution in [2.24, 2.45) is 0 Å². The molecule has 5 nitrogen and oxygen atoms in total. The predicted molar refractivity (Wildman–Crippen MR) is 97.8 cm³/mol. The summed E-state index contributed by atoms with van der Waals surface area (Å²) in [4.78, 5) is 0.262. The number of fused-ring (bicyclic) bond motifs is 1. The first-order chi connectivity index (χ1) is 12.6. The Morgan fingerprint density at radius 1 is 1.04 bits per heavy atom. The largest absolute Gasteiger partial charge is 0.468 e. The van der Waals surface area contributed by atoms with Crippen molar-refractivity contribution in [3.05, 3.63) is 77.7 Å². The van der Waals surface area contributed by atoms with E-state index in [4.69, 9.17) is 4.42 Å². The summed E-state index contributed by atoms with van der Waals surface area (Å²) in [6.07, 6.45) is 2.27.